The van der Waals surface area contributed by atoms with E-state index in [2.05, 4.69) is 5.32 Å². The number of nitrogens with zero attached hydrogens (tertiary/aromatic N) is 1. The first-order chi connectivity index (χ1) is 13.9. The van der Waals surface area contributed by atoms with Crippen LogP contribution in [-0.2, 0) is 22.4 Å². The van der Waals surface area contributed by atoms with E-state index in [1.54, 1.807) is 6.92 Å². The van der Waals surface area contributed by atoms with Crippen molar-refractivity contribution in [2.45, 2.75) is 39.0 Å². The number of rotatable bonds is 6. The van der Waals surface area contributed by atoms with Crippen molar-refractivity contribution in [1.82, 2.24) is 0 Å². The normalized spacial score (nSPS) is 13.2. The number of hydrogen-bond acceptors (Lipinski definition) is 7. The van der Waals surface area contributed by atoms with Gasteiger partial charge in [0.05, 0.1) is 12.0 Å². The van der Waals surface area contributed by atoms with Crippen LogP contribution in [0.4, 0.5) is 11.4 Å². The maximum atomic E-state index is 12.3. The topological polar surface area (TPSA) is 108 Å². The van der Waals surface area contributed by atoms with Gasteiger partial charge in [-0.1, -0.05) is 6.42 Å². The minimum atomic E-state index is -0.554. The number of amides is 1. The number of hydrogen-bond donors (Lipinski definition) is 1. The molecular weight excluding hydrogens is 396 g/mol. The highest BCUT2D eigenvalue weighted by atomic mass is 32.1. The van der Waals surface area contributed by atoms with Gasteiger partial charge in [0.1, 0.15) is 4.88 Å². The van der Waals surface area contributed by atoms with E-state index in [0.29, 0.717) is 16.1 Å². The van der Waals surface area contributed by atoms with E-state index in [-0.39, 0.29) is 11.4 Å². The van der Waals surface area contributed by atoms with Gasteiger partial charge in [-0.05, 0) is 49.8 Å². The number of fused-ring (bicyclic) bond motifs is 1. The van der Waals surface area contributed by atoms with Gasteiger partial charge in [0.25, 0.3) is 5.91 Å². The van der Waals surface area contributed by atoms with Gasteiger partial charge in [-0.25, -0.2) is 4.79 Å². The van der Waals surface area contributed by atoms with E-state index in [1.807, 2.05) is 6.07 Å². The van der Waals surface area contributed by atoms with E-state index in [9.17, 15) is 19.7 Å². The number of carbonyl (C=O) groups is 2. The highest BCUT2D eigenvalue weighted by Crippen LogP contribution is 2.33. The van der Waals surface area contributed by atoms with Gasteiger partial charge in [0, 0.05) is 22.7 Å². The molecule has 0 radical (unpaired) electrons. The van der Waals surface area contributed by atoms with E-state index in [4.69, 9.17) is 9.47 Å². The Hall–Kier alpha value is -2.94. The fourth-order valence-corrected chi connectivity index (χ4v) is 4.42. The molecule has 3 rings (SSSR count). The Kier molecular flexibility index (Phi) is 6.48. The molecule has 1 amide bonds. The summed E-state index contributed by atoms with van der Waals surface area (Å²) in [6.07, 6.45) is 5.41. The molecule has 8 nitrogen and oxygen atoms in total. The lowest BCUT2D eigenvalue weighted by Crippen LogP contribution is -2.21. The van der Waals surface area contributed by atoms with Gasteiger partial charge in [-0.15, -0.1) is 11.3 Å². The first kappa shape index (κ1) is 20.8. The zero-order valence-corrected chi connectivity index (χ0v) is 17.1. The second-order valence-electron chi connectivity index (χ2n) is 6.84. The van der Waals surface area contributed by atoms with Crippen molar-refractivity contribution in [3.8, 4) is 5.75 Å². The van der Waals surface area contributed by atoms with Crippen LogP contribution >= 0.6 is 11.3 Å². The number of thiophene rings is 1. The molecule has 1 aromatic heterocycles. The van der Waals surface area contributed by atoms with Gasteiger partial charge in [0.2, 0.25) is 0 Å². The van der Waals surface area contributed by atoms with Crippen molar-refractivity contribution < 1.29 is 24.0 Å². The van der Waals surface area contributed by atoms with Gasteiger partial charge in [-0.3, -0.25) is 14.9 Å². The van der Waals surface area contributed by atoms with E-state index < -0.39 is 23.4 Å². The molecule has 0 atom stereocenters. The zero-order valence-electron chi connectivity index (χ0n) is 16.3. The number of carbonyl (C=O) groups excluding carboxylic acids is 2. The molecule has 1 aromatic carbocycles. The molecule has 0 saturated heterocycles. The summed E-state index contributed by atoms with van der Waals surface area (Å²) in [7, 11) is 1.31. The largest absolute Gasteiger partial charge is 0.490 e. The zero-order chi connectivity index (χ0) is 21.0. The third kappa shape index (κ3) is 4.92. The molecule has 0 aliphatic heterocycles. The minimum Gasteiger partial charge on any atom is -0.490 e. The lowest BCUT2D eigenvalue weighted by atomic mass is 10.1. The number of aryl methyl sites for hydroxylation is 3. The predicted molar refractivity (Wildman–Crippen MR) is 109 cm³/mol. The Morgan fingerprint density at radius 2 is 1.97 bits per heavy atom. The summed E-state index contributed by atoms with van der Waals surface area (Å²) in [5.41, 5.74) is 1.87. The smallest absolute Gasteiger partial charge is 0.348 e. The first-order valence-corrected chi connectivity index (χ1v) is 10.1. The summed E-state index contributed by atoms with van der Waals surface area (Å²) >= 11 is 1.44. The molecule has 1 aliphatic rings. The lowest BCUT2D eigenvalue weighted by Gasteiger charge is -2.11. The summed E-state index contributed by atoms with van der Waals surface area (Å²) in [5, 5.41) is 13.7. The van der Waals surface area contributed by atoms with Crippen LogP contribution in [0.2, 0.25) is 0 Å². The quantitative estimate of drug-likeness (QED) is 0.328. The SMILES string of the molecule is COc1cc(NC(=O)COC(=O)c2cc3c(s2)CCCCC3)c(C)cc1[N+](=O)[O-]. The molecule has 1 N–H and O–H groups in total. The van der Waals surface area contributed by atoms with E-state index in [1.165, 1.54) is 47.4 Å². The standard InChI is InChI=1S/C20H22N2O6S/c1-12-8-15(22(25)26)16(27-2)10-14(12)21-19(23)11-28-20(24)18-9-13-6-4-3-5-7-17(13)29-18/h8-10H,3-7,11H2,1-2H3,(H,21,23). The summed E-state index contributed by atoms with van der Waals surface area (Å²) in [4.78, 5) is 36.7. The lowest BCUT2D eigenvalue weighted by molar-refractivity contribution is -0.385. The molecule has 0 fully saturated rings. The van der Waals surface area contributed by atoms with Gasteiger partial charge in [-0.2, -0.15) is 0 Å². The third-order valence-electron chi connectivity index (χ3n) is 4.78. The molecule has 1 heterocycles. The van der Waals surface area contributed by atoms with Crippen molar-refractivity contribution in [3.05, 3.63) is 49.2 Å². The molecule has 0 unspecified atom stereocenters. The van der Waals surface area contributed by atoms with Crippen LogP contribution in [0.1, 0.15) is 44.9 Å². The van der Waals surface area contributed by atoms with Crippen LogP contribution in [0.5, 0.6) is 5.75 Å². The highest BCUT2D eigenvalue weighted by Gasteiger charge is 2.20. The summed E-state index contributed by atoms with van der Waals surface area (Å²) in [5.74, 6) is -1.01. The number of anilines is 1. The number of esters is 1. The van der Waals surface area contributed by atoms with Crippen LogP contribution < -0.4 is 10.1 Å². The van der Waals surface area contributed by atoms with Crippen molar-refractivity contribution in [1.29, 1.82) is 0 Å². The Bertz CT molecular complexity index is 929. The summed E-state index contributed by atoms with van der Waals surface area (Å²) < 4.78 is 10.2. The molecular formula is C20H22N2O6S. The van der Waals surface area contributed by atoms with Crippen LogP contribution in [0.25, 0.3) is 0 Å². The molecule has 0 spiro atoms. The summed E-state index contributed by atoms with van der Waals surface area (Å²) in [6.45, 7) is 1.19. The molecule has 1 aliphatic carbocycles. The number of nitro benzene ring substituents is 1. The second-order valence-corrected chi connectivity index (χ2v) is 7.98. The van der Waals surface area contributed by atoms with E-state index in [0.717, 1.165) is 25.7 Å². The first-order valence-electron chi connectivity index (χ1n) is 9.30. The Morgan fingerprint density at radius 3 is 2.69 bits per heavy atom. The molecule has 2 aromatic rings. The number of ether oxygens (including phenoxy) is 2. The number of nitrogens with one attached hydrogen (secondary N) is 1. The predicted octanol–water partition coefficient (Wildman–Crippen LogP) is 4.04. The van der Waals surface area contributed by atoms with Crippen LogP contribution in [0, 0.1) is 17.0 Å². The Labute approximate surface area is 172 Å². The van der Waals surface area contributed by atoms with E-state index >= 15 is 0 Å². The number of benzene rings is 1. The minimum absolute atomic E-state index is 0.0352. The molecule has 0 bridgehead atoms. The molecule has 29 heavy (non-hydrogen) atoms. The van der Waals surface area contributed by atoms with Crippen molar-refractivity contribution in [2.24, 2.45) is 0 Å². The molecule has 154 valence electrons. The van der Waals surface area contributed by atoms with Crippen LogP contribution in [-0.4, -0.2) is 30.5 Å². The van der Waals surface area contributed by atoms with Gasteiger partial charge in [0.15, 0.2) is 12.4 Å². The van der Waals surface area contributed by atoms with Gasteiger partial charge >= 0.3 is 11.7 Å². The summed E-state index contributed by atoms with van der Waals surface area (Å²) in [6, 6.07) is 4.57. The Balaban J connectivity index is 1.61. The number of nitro groups is 1. The molecule has 9 heteroatoms. The third-order valence-corrected chi connectivity index (χ3v) is 6.00. The van der Waals surface area contributed by atoms with Crippen LogP contribution in [0.15, 0.2) is 18.2 Å². The second kappa shape index (κ2) is 9.04. The fourth-order valence-electron chi connectivity index (χ4n) is 3.27. The van der Waals surface area contributed by atoms with Crippen LogP contribution in [0.3, 0.4) is 0 Å². The van der Waals surface area contributed by atoms with Crippen molar-refractivity contribution >= 4 is 34.6 Å². The average molecular weight is 418 g/mol. The van der Waals surface area contributed by atoms with Crippen molar-refractivity contribution in [3.63, 3.8) is 0 Å². The number of methoxy groups -OCH3 is 1. The maximum absolute atomic E-state index is 12.3. The average Bonchev–Trinajstić information content (AvgIpc) is 2.97. The molecule has 0 saturated carbocycles. The fraction of sp³-hybridized carbons (Fsp3) is 0.400. The Morgan fingerprint density at radius 1 is 1.21 bits per heavy atom. The van der Waals surface area contributed by atoms with Crippen molar-refractivity contribution in [2.75, 3.05) is 19.0 Å². The maximum Gasteiger partial charge on any atom is 0.348 e. The highest BCUT2D eigenvalue weighted by molar-refractivity contribution is 7.14. The van der Waals surface area contributed by atoms with Gasteiger partial charge < -0.3 is 14.8 Å². The monoisotopic (exact) mass is 418 g/mol.